The molecule has 3 N–H and O–H groups in total. The maximum atomic E-state index is 14.3. The highest BCUT2D eigenvalue weighted by atomic mass is 19.1. The molecule has 2 atom stereocenters. The number of nitrogens with zero attached hydrogens (tertiary/aromatic N) is 1. The molecular weight excluding hydrogens is 269 g/mol. The van der Waals surface area contributed by atoms with Crippen molar-refractivity contribution < 1.29 is 9.13 Å². The number of hydrogen-bond donors (Lipinski definition) is 2. The minimum Gasteiger partial charge on any atom is -0.496 e. The Labute approximate surface area is 123 Å². The van der Waals surface area contributed by atoms with Crippen molar-refractivity contribution in [3.05, 3.63) is 59.2 Å². The fourth-order valence-electron chi connectivity index (χ4n) is 3.17. The van der Waals surface area contributed by atoms with Gasteiger partial charge >= 0.3 is 0 Å². The normalized spacial score (nSPS) is 18.3. The number of nitrogens with one attached hydrogen (secondary N) is 1. The summed E-state index contributed by atoms with van der Waals surface area (Å²) in [7, 11) is 1.53. The first kappa shape index (κ1) is 14.0. The van der Waals surface area contributed by atoms with Gasteiger partial charge < -0.3 is 4.74 Å². The molecular formula is C16H18FN3O. The van der Waals surface area contributed by atoms with Crippen molar-refractivity contribution in [1.29, 1.82) is 0 Å². The Hall–Kier alpha value is -1.98. The Morgan fingerprint density at radius 1 is 1.38 bits per heavy atom. The Bertz CT molecular complexity index is 647. The number of aromatic nitrogens is 1. The molecule has 0 bridgehead atoms. The van der Waals surface area contributed by atoms with Crippen LogP contribution in [0.4, 0.5) is 4.39 Å². The summed E-state index contributed by atoms with van der Waals surface area (Å²) in [4.78, 5) is 4.46. The van der Waals surface area contributed by atoms with Gasteiger partial charge in [0.2, 0.25) is 0 Å². The summed E-state index contributed by atoms with van der Waals surface area (Å²) < 4.78 is 19.6. The molecule has 1 aromatic heterocycles. The van der Waals surface area contributed by atoms with E-state index in [1.165, 1.54) is 18.7 Å². The molecule has 0 saturated heterocycles. The molecule has 1 aromatic carbocycles. The number of nitrogens with two attached hydrogens (primary N) is 1. The topological polar surface area (TPSA) is 60.2 Å². The molecule has 0 spiro atoms. The molecule has 5 heteroatoms. The van der Waals surface area contributed by atoms with E-state index < -0.39 is 0 Å². The summed E-state index contributed by atoms with van der Waals surface area (Å²) in [5.41, 5.74) is 5.42. The molecule has 4 nitrogen and oxygen atoms in total. The van der Waals surface area contributed by atoms with E-state index in [0.29, 0.717) is 11.3 Å². The Morgan fingerprint density at radius 2 is 2.24 bits per heavy atom. The summed E-state index contributed by atoms with van der Waals surface area (Å²) in [6, 6.07) is 8.43. The average molecular weight is 287 g/mol. The molecule has 0 saturated carbocycles. The molecule has 0 radical (unpaired) electrons. The lowest BCUT2D eigenvalue weighted by Gasteiger charge is -2.25. The van der Waals surface area contributed by atoms with Gasteiger partial charge in [0.25, 0.3) is 0 Å². The molecule has 0 fully saturated rings. The number of methoxy groups -OCH3 is 1. The first-order valence-electron chi connectivity index (χ1n) is 6.98. The molecule has 1 heterocycles. The van der Waals surface area contributed by atoms with Crippen LogP contribution in [0, 0.1) is 5.82 Å². The van der Waals surface area contributed by atoms with Crippen LogP contribution in [0.5, 0.6) is 5.75 Å². The highest BCUT2D eigenvalue weighted by Gasteiger charge is 2.34. The standard InChI is InChI=1S/C16H18FN3O/c1-21-13-6-2-5-12(17)14(13)16(20-18)11-8-7-10-4-3-9-19-15(10)11/h2-6,9,11,16,20H,7-8,18H2,1H3. The van der Waals surface area contributed by atoms with Crippen molar-refractivity contribution in [3.8, 4) is 5.75 Å². The van der Waals surface area contributed by atoms with Gasteiger partial charge in [0.1, 0.15) is 11.6 Å². The third kappa shape index (κ3) is 2.39. The molecule has 110 valence electrons. The predicted molar refractivity (Wildman–Crippen MR) is 78.3 cm³/mol. The van der Waals surface area contributed by atoms with E-state index in [2.05, 4.69) is 16.5 Å². The van der Waals surface area contributed by atoms with E-state index in [9.17, 15) is 4.39 Å². The Morgan fingerprint density at radius 3 is 3.00 bits per heavy atom. The van der Waals surface area contributed by atoms with Crippen molar-refractivity contribution in [2.45, 2.75) is 24.8 Å². The zero-order chi connectivity index (χ0) is 14.8. The van der Waals surface area contributed by atoms with Crippen LogP contribution in [-0.4, -0.2) is 12.1 Å². The number of hydrazine groups is 1. The van der Waals surface area contributed by atoms with E-state index in [-0.39, 0.29) is 17.8 Å². The van der Waals surface area contributed by atoms with Crippen LogP contribution in [-0.2, 0) is 6.42 Å². The molecule has 2 aromatic rings. The molecule has 1 aliphatic rings. The van der Waals surface area contributed by atoms with Gasteiger partial charge in [-0.15, -0.1) is 0 Å². The summed E-state index contributed by atoms with van der Waals surface area (Å²) >= 11 is 0. The number of pyridine rings is 1. The molecule has 3 rings (SSSR count). The average Bonchev–Trinajstić information content (AvgIpc) is 2.94. The van der Waals surface area contributed by atoms with E-state index in [1.54, 1.807) is 18.3 Å². The minimum atomic E-state index is -0.364. The largest absolute Gasteiger partial charge is 0.496 e. The van der Waals surface area contributed by atoms with Crippen LogP contribution in [0.1, 0.15) is 35.2 Å². The zero-order valence-corrected chi connectivity index (χ0v) is 11.8. The smallest absolute Gasteiger partial charge is 0.131 e. The third-order valence-electron chi connectivity index (χ3n) is 4.13. The molecule has 1 aliphatic carbocycles. The number of halogens is 1. The van der Waals surface area contributed by atoms with Crippen LogP contribution in [0.3, 0.4) is 0 Å². The number of ether oxygens (including phenoxy) is 1. The lowest BCUT2D eigenvalue weighted by atomic mass is 9.90. The van der Waals surface area contributed by atoms with Crippen LogP contribution in [0.2, 0.25) is 0 Å². The fraction of sp³-hybridized carbons (Fsp3) is 0.312. The summed E-state index contributed by atoms with van der Waals surface area (Å²) in [6.07, 6.45) is 3.59. The van der Waals surface area contributed by atoms with E-state index in [4.69, 9.17) is 10.6 Å². The molecule has 21 heavy (non-hydrogen) atoms. The first-order chi connectivity index (χ1) is 10.3. The number of rotatable bonds is 4. The Kier molecular flexibility index (Phi) is 3.86. The van der Waals surface area contributed by atoms with Crippen molar-refractivity contribution in [3.63, 3.8) is 0 Å². The van der Waals surface area contributed by atoms with E-state index >= 15 is 0 Å². The van der Waals surface area contributed by atoms with Gasteiger partial charge in [0.05, 0.1) is 13.2 Å². The number of fused-ring (bicyclic) bond motifs is 1. The van der Waals surface area contributed by atoms with Crippen LogP contribution in [0.25, 0.3) is 0 Å². The van der Waals surface area contributed by atoms with Crippen molar-refractivity contribution >= 4 is 0 Å². The maximum Gasteiger partial charge on any atom is 0.131 e. The second kappa shape index (κ2) is 5.79. The highest BCUT2D eigenvalue weighted by molar-refractivity contribution is 5.41. The van der Waals surface area contributed by atoms with Gasteiger partial charge in [0.15, 0.2) is 0 Å². The van der Waals surface area contributed by atoms with Crippen LogP contribution >= 0.6 is 0 Å². The highest BCUT2D eigenvalue weighted by Crippen LogP contribution is 2.43. The molecule has 0 aliphatic heterocycles. The molecule has 2 unspecified atom stereocenters. The van der Waals surface area contributed by atoms with Gasteiger partial charge in [-0.3, -0.25) is 16.3 Å². The van der Waals surface area contributed by atoms with Gasteiger partial charge in [-0.25, -0.2) is 4.39 Å². The predicted octanol–water partition coefficient (Wildman–Crippen LogP) is 2.46. The van der Waals surface area contributed by atoms with Gasteiger partial charge in [0, 0.05) is 23.4 Å². The van der Waals surface area contributed by atoms with Gasteiger partial charge in [-0.1, -0.05) is 12.1 Å². The lowest BCUT2D eigenvalue weighted by Crippen LogP contribution is -2.33. The second-order valence-corrected chi connectivity index (χ2v) is 5.19. The third-order valence-corrected chi connectivity index (χ3v) is 4.13. The summed E-state index contributed by atoms with van der Waals surface area (Å²) in [6.45, 7) is 0. The van der Waals surface area contributed by atoms with Crippen molar-refractivity contribution in [2.75, 3.05) is 7.11 Å². The summed E-state index contributed by atoms with van der Waals surface area (Å²) in [5, 5.41) is 0. The first-order valence-corrected chi connectivity index (χ1v) is 6.98. The Balaban J connectivity index is 2.05. The summed E-state index contributed by atoms with van der Waals surface area (Å²) in [5.74, 6) is 5.96. The maximum absolute atomic E-state index is 14.3. The van der Waals surface area contributed by atoms with Gasteiger partial charge in [-0.2, -0.15) is 0 Å². The fourth-order valence-corrected chi connectivity index (χ4v) is 3.17. The van der Waals surface area contributed by atoms with Crippen LogP contribution in [0.15, 0.2) is 36.5 Å². The molecule has 0 amide bonds. The number of aryl methyl sites for hydroxylation is 1. The monoisotopic (exact) mass is 287 g/mol. The van der Waals surface area contributed by atoms with Crippen LogP contribution < -0.4 is 16.0 Å². The lowest BCUT2D eigenvalue weighted by molar-refractivity contribution is 0.372. The van der Waals surface area contributed by atoms with E-state index in [0.717, 1.165) is 18.5 Å². The number of hydrogen-bond acceptors (Lipinski definition) is 4. The quantitative estimate of drug-likeness (QED) is 0.670. The zero-order valence-electron chi connectivity index (χ0n) is 11.8. The second-order valence-electron chi connectivity index (χ2n) is 5.19. The SMILES string of the molecule is COc1cccc(F)c1C(NN)C1CCc2cccnc21. The minimum absolute atomic E-state index is 0.0389. The number of benzene rings is 1. The van der Waals surface area contributed by atoms with Crippen molar-refractivity contribution in [1.82, 2.24) is 10.4 Å². The van der Waals surface area contributed by atoms with Crippen molar-refractivity contribution in [2.24, 2.45) is 5.84 Å². The van der Waals surface area contributed by atoms with Gasteiger partial charge in [-0.05, 0) is 36.6 Å². The van der Waals surface area contributed by atoms with E-state index in [1.807, 2.05) is 6.07 Å².